The number of carbonyl (C=O) groups is 1. The topological polar surface area (TPSA) is 78.2 Å². The Bertz CT molecular complexity index is 918. The summed E-state index contributed by atoms with van der Waals surface area (Å²) in [6.45, 7) is 3.43. The number of nitrogens with zero attached hydrogens (tertiary/aromatic N) is 3. The van der Waals surface area contributed by atoms with Crippen molar-refractivity contribution in [3.05, 3.63) is 30.0 Å². The standard InChI is InChI=1S/C19H20F2N4O2/c1-19(2,3)25-10-12(6-16(25)26)24-17-11(8-22)9-23-15-5-4-13(7-14(15)17)27-18(20)21/h4-5,7,9,12,18H,6,10H2,1-3H3,(H,23,24). The van der Waals surface area contributed by atoms with Crippen molar-refractivity contribution in [2.75, 3.05) is 11.9 Å². The summed E-state index contributed by atoms with van der Waals surface area (Å²) in [7, 11) is 0. The molecule has 0 spiro atoms. The molecule has 1 N–H and O–H groups in total. The van der Waals surface area contributed by atoms with Crippen LogP contribution in [0, 0.1) is 11.3 Å². The maximum Gasteiger partial charge on any atom is 0.387 e. The first-order valence-electron chi connectivity index (χ1n) is 8.53. The fourth-order valence-electron chi connectivity index (χ4n) is 3.24. The number of amides is 1. The van der Waals surface area contributed by atoms with Gasteiger partial charge in [0.2, 0.25) is 5.91 Å². The normalized spacial score (nSPS) is 17.4. The molecule has 8 heteroatoms. The van der Waals surface area contributed by atoms with Gasteiger partial charge in [0.15, 0.2) is 0 Å². The van der Waals surface area contributed by atoms with E-state index >= 15 is 0 Å². The summed E-state index contributed by atoms with van der Waals surface area (Å²) in [5.41, 5.74) is 0.980. The van der Waals surface area contributed by atoms with Crippen molar-refractivity contribution in [3.63, 3.8) is 0 Å². The van der Waals surface area contributed by atoms with Gasteiger partial charge in [-0.3, -0.25) is 9.78 Å². The minimum Gasteiger partial charge on any atom is -0.435 e. The van der Waals surface area contributed by atoms with E-state index in [1.54, 1.807) is 11.0 Å². The molecule has 27 heavy (non-hydrogen) atoms. The lowest BCUT2D eigenvalue weighted by Gasteiger charge is -2.32. The highest BCUT2D eigenvalue weighted by Crippen LogP contribution is 2.32. The van der Waals surface area contributed by atoms with Crippen molar-refractivity contribution in [2.45, 2.75) is 45.4 Å². The average molecular weight is 374 g/mol. The molecular weight excluding hydrogens is 354 g/mol. The third kappa shape index (κ3) is 3.92. The van der Waals surface area contributed by atoms with E-state index in [-0.39, 0.29) is 28.8 Å². The van der Waals surface area contributed by atoms with Crippen LogP contribution in [0.5, 0.6) is 5.75 Å². The van der Waals surface area contributed by atoms with Gasteiger partial charge in [0.25, 0.3) is 0 Å². The molecule has 0 radical (unpaired) electrons. The molecule has 0 bridgehead atoms. The number of ether oxygens (including phenoxy) is 1. The van der Waals surface area contributed by atoms with Gasteiger partial charge in [-0.2, -0.15) is 14.0 Å². The van der Waals surface area contributed by atoms with Crippen LogP contribution in [0.4, 0.5) is 14.5 Å². The van der Waals surface area contributed by atoms with Crippen LogP contribution in [-0.2, 0) is 4.79 Å². The molecule has 142 valence electrons. The number of benzene rings is 1. The lowest BCUT2D eigenvalue weighted by atomic mass is 10.1. The number of rotatable bonds is 4. The van der Waals surface area contributed by atoms with Crippen molar-refractivity contribution in [1.82, 2.24) is 9.88 Å². The maximum atomic E-state index is 12.5. The highest BCUT2D eigenvalue weighted by molar-refractivity contribution is 5.95. The predicted molar refractivity (Wildman–Crippen MR) is 96.6 cm³/mol. The van der Waals surface area contributed by atoms with Gasteiger partial charge in [0.05, 0.1) is 22.8 Å². The third-order valence-electron chi connectivity index (χ3n) is 4.47. The van der Waals surface area contributed by atoms with Crippen molar-refractivity contribution in [3.8, 4) is 11.8 Å². The number of halogens is 2. The fraction of sp³-hybridized carbons (Fsp3) is 0.421. The van der Waals surface area contributed by atoms with Crippen LogP contribution >= 0.6 is 0 Å². The lowest BCUT2D eigenvalue weighted by Crippen LogP contribution is -2.43. The SMILES string of the molecule is CC(C)(C)N1CC(Nc2c(C#N)cnc3ccc(OC(F)F)cc23)CC1=O. The van der Waals surface area contributed by atoms with E-state index in [9.17, 15) is 18.8 Å². The molecule has 3 rings (SSSR count). The van der Waals surface area contributed by atoms with E-state index in [1.807, 2.05) is 20.8 Å². The molecule has 0 aliphatic carbocycles. The fourth-order valence-corrected chi connectivity index (χ4v) is 3.24. The summed E-state index contributed by atoms with van der Waals surface area (Å²) in [6.07, 6.45) is 1.72. The molecule has 2 aromatic rings. The highest BCUT2D eigenvalue weighted by atomic mass is 19.3. The second-order valence-electron chi connectivity index (χ2n) is 7.44. The zero-order valence-corrected chi connectivity index (χ0v) is 15.3. The molecule has 2 heterocycles. The monoisotopic (exact) mass is 374 g/mol. The van der Waals surface area contributed by atoms with E-state index < -0.39 is 6.61 Å². The Morgan fingerprint density at radius 3 is 2.74 bits per heavy atom. The Labute approximate surface area is 155 Å². The van der Waals surface area contributed by atoms with Crippen LogP contribution < -0.4 is 10.1 Å². The molecule has 1 aromatic heterocycles. The molecule has 1 aliphatic rings. The van der Waals surface area contributed by atoms with Gasteiger partial charge in [-0.05, 0) is 39.0 Å². The van der Waals surface area contributed by atoms with Gasteiger partial charge in [-0.25, -0.2) is 0 Å². The highest BCUT2D eigenvalue weighted by Gasteiger charge is 2.36. The van der Waals surface area contributed by atoms with E-state index in [2.05, 4.69) is 21.1 Å². The molecule has 0 saturated carbocycles. The smallest absolute Gasteiger partial charge is 0.387 e. The number of anilines is 1. The second kappa shape index (κ2) is 6.99. The number of likely N-dealkylation sites (tertiary alicyclic amines) is 1. The molecule has 1 atom stereocenters. The first kappa shape index (κ1) is 18.8. The Kier molecular flexibility index (Phi) is 4.87. The Morgan fingerprint density at radius 1 is 1.41 bits per heavy atom. The van der Waals surface area contributed by atoms with Gasteiger partial charge < -0.3 is 15.0 Å². The molecule has 1 aliphatic heterocycles. The zero-order valence-electron chi connectivity index (χ0n) is 15.3. The van der Waals surface area contributed by atoms with Crippen LogP contribution in [0.2, 0.25) is 0 Å². The lowest BCUT2D eigenvalue weighted by molar-refractivity contribution is -0.131. The first-order chi connectivity index (χ1) is 12.7. The van der Waals surface area contributed by atoms with Crippen LogP contribution in [0.1, 0.15) is 32.8 Å². The molecule has 1 amide bonds. The molecule has 1 unspecified atom stereocenters. The summed E-state index contributed by atoms with van der Waals surface area (Å²) in [5.74, 6) is 0.00912. The van der Waals surface area contributed by atoms with E-state index in [1.165, 1.54) is 18.3 Å². The summed E-state index contributed by atoms with van der Waals surface area (Å²) in [5, 5.41) is 13.2. The number of aromatic nitrogens is 1. The number of nitriles is 1. The van der Waals surface area contributed by atoms with Crippen molar-refractivity contribution < 1.29 is 18.3 Å². The van der Waals surface area contributed by atoms with Gasteiger partial charge in [-0.15, -0.1) is 0 Å². The van der Waals surface area contributed by atoms with Crippen molar-refractivity contribution in [2.24, 2.45) is 0 Å². The number of nitrogens with one attached hydrogen (secondary N) is 1. The van der Waals surface area contributed by atoms with Gasteiger partial charge in [0.1, 0.15) is 11.8 Å². The number of fused-ring (bicyclic) bond motifs is 1. The van der Waals surface area contributed by atoms with E-state index in [0.29, 0.717) is 29.6 Å². The first-order valence-corrected chi connectivity index (χ1v) is 8.53. The van der Waals surface area contributed by atoms with E-state index in [0.717, 1.165) is 0 Å². The summed E-state index contributed by atoms with van der Waals surface area (Å²) in [6, 6.07) is 6.25. The Balaban J connectivity index is 1.97. The van der Waals surface area contributed by atoms with Crippen LogP contribution in [0.3, 0.4) is 0 Å². The summed E-state index contributed by atoms with van der Waals surface area (Å²) < 4.78 is 29.6. The minimum absolute atomic E-state index is 0.0174. The Hall–Kier alpha value is -2.95. The minimum atomic E-state index is -2.95. The average Bonchev–Trinajstić information content (AvgIpc) is 2.95. The van der Waals surface area contributed by atoms with Crippen LogP contribution in [0.25, 0.3) is 10.9 Å². The second-order valence-corrected chi connectivity index (χ2v) is 7.44. The number of carbonyl (C=O) groups excluding carboxylic acids is 1. The molecule has 6 nitrogen and oxygen atoms in total. The number of pyridine rings is 1. The summed E-state index contributed by atoms with van der Waals surface area (Å²) >= 11 is 0. The third-order valence-corrected chi connectivity index (χ3v) is 4.47. The van der Waals surface area contributed by atoms with Gasteiger partial charge >= 0.3 is 6.61 Å². The Morgan fingerprint density at radius 2 is 2.15 bits per heavy atom. The largest absolute Gasteiger partial charge is 0.435 e. The van der Waals surface area contributed by atoms with Crippen molar-refractivity contribution in [1.29, 1.82) is 5.26 Å². The zero-order chi connectivity index (χ0) is 19.8. The predicted octanol–water partition coefficient (Wildman–Crippen LogP) is 3.52. The maximum absolute atomic E-state index is 12.5. The number of hydrogen-bond acceptors (Lipinski definition) is 5. The summed E-state index contributed by atoms with van der Waals surface area (Å²) in [4.78, 5) is 18.3. The van der Waals surface area contributed by atoms with Gasteiger partial charge in [0, 0.05) is 30.1 Å². The molecule has 1 aromatic carbocycles. The quantitative estimate of drug-likeness (QED) is 0.886. The van der Waals surface area contributed by atoms with Crippen LogP contribution in [-0.4, -0.2) is 40.5 Å². The molecule has 1 fully saturated rings. The molecule has 1 saturated heterocycles. The van der Waals surface area contributed by atoms with Crippen LogP contribution in [0.15, 0.2) is 24.4 Å². The van der Waals surface area contributed by atoms with E-state index in [4.69, 9.17) is 0 Å². The molecular formula is C19H20F2N4O2. The van der Waals surface area contributed by atoms with Crippen molar-refractivity contribution >= 4 is 22.5 Å². The van der Waals surface area contributed by atoms with Gasteiger partial charge in [-0.1, -0.05) is 0 Å². The number of alkyl halides is 2. The number of hydrogen-bond donors (Lipinski definition) is 1.